The maximum absolute atomic E-state index is 12.7. The molecule has 7 heteroatoms. The van der Waals surface area contributed by atoms with E-state index in [1.165, 1.54) is 0 Å². The van der Waals surface area contributed by atoms with E-state index in [1.54, 1.807) is 0 Å². The molecule has 0 amide bonds. The highest BCUT2D eigenvalue weighted by Crippen LogP contribution is 2.38. The number of nitrogens with zero attached hydrogens (tertiary/aromatic N) is 1. The molecule has 92 valence electrons. The van der Waals surface area contributed by atoms with E-state index >= 15 is 0 Å². The fraction of sp³-hybridized carbons (Fsp3) is 0.400. The van der Waals surface area contributed by atoms with Crippen molar-refractivity contribution >= 4 is 5.69 Å². The lowest BCUT2D eigenvalue weighted by atomic mass is 9.97. The van der Waals surface area contributed by atoms with Crippen LogP contribution in [0.5, 0.6) is 0 Å². The van der Waals surface area contributed by atoms with Gasteiger partial charge in [-0.3, -0.25) is 10.1 Å². The molecule has 0 bridgehead atoms. The number of fused-ring (bicyclic) bond motifs is 1. The van der Waals surface area contributed by atoms with Crippen LogP contribution < -0.4 is 5.32 Å². The predicted molar refractivity (Wildman–Crippen MR) is 53.5 cm³/mol. The summed E-state index contributed by atoms with van der Waals surface area (Å²) in [7, 11) is 0. The van der Waals surface area contributed by atoms with E-state index in [4.69, 9.17) is 0 Å². The number of halogens is 3. The summed E-state index contributed by atoms with van der Waals surface area (Å²) < 4.78 is 38.0. The van der Waals surface area contributed by atoms with E-state index in [2.05, 4.69) is 5.32 Å². The molecule has 1 aromatic rings. The number of nitrogens with one attached hydrogen (secondary N) is 1. The molecule has 0 aromatic heterocycles. The van der Waals surface area contributed by atoms with Gasteiger partial charge in [0.15, 0.2) is 0 Å². The first-order valence-electron chi connectivity index (χ1n) is 4.97. The van der Waals surface area contributed by atoms with Gasteiger partial charge in [0, 0.05) is 12.6 Å². The Morgan fingerprint density at radius 3 is 2.59 bits per heavy atom. The predicted octanol–water partition coefficient (Wildman–Crippen LogP) is 2.26. The second kappa shape index (κ2) is 3.99. The highest BCUT2D eigenvalue weighted by molar-refractivity contribution is 5.49. The summed E-state index contributed by atoms with van der Waals surface area (Å²) in [5, 5.41) is 13.6. The SMILES string of the molecule is O=[N+]([O-])c1cc2c(cc1C(F)(F)F)CCNC2. The number of hydrogen-bond donors (Lipinski definition) is 1. The number of alkyl halides is 3. The van der Waals surface area contributed by atoms with Crippen molar-refractivity contribution in [1.82, 2.24) is 5.32 Å². The minimum atomic E-state index is -4.69. The number of hydrogen-bond acceptors (Lipinski definition) is 3. The van der Waals surface area contributed by atoms with Gasteiger partial charge < -0.3 is 5.32 Å². The zero-order chi connectivity index (χ0) is 12.6. The quantitative estimate of drug-likeness (QED) is 0.610. The largest absolute Gasteiger partial charge is 0.423 e. The van der Waals surface area contributed by atoms with Crippen LogP contribution in [0, 0.1) is 10.1 Å². The van der Waals surface area contributed by atoms with Crippen LogP contribution in [-0.2, 0) is 19.1 Å². The van der Waals surface area contributed by atoms with Gasteiger partial charge in [-0.15, -0.1) is 0 Å². The molecule has 0 unspecified atom stereocenters. The maximum Gasteiger partial charge on any atom is 0.423 e. The molecule has 1 aromatic carbocycles. The Hall–Kier alpha value is -1.63. The standard InChI is InChI=1S/C10H9F3N2O2/c11-10(12,13)8-3-6-1-2-14-5-7(6)4-9(8)15(16)17/h3-4,14H,1-2,5H2. The molecule has 17 heavy (non-hydrogen) atoms. The number of rotatable bonds is 1. The summed E-state index contributed by atoms with van der Waals surface area (Å²) >= 11 is 0. The Morgan fingerprint density at radius 2 is 2.00 bits per heavy atom. The third-order valence-corrected chi connectivity index (χ3v) is 2.71. The summed E-state index contributed by atoms with van der Waals surface area (Å²) in [5.41, 5.74) is -0.944. The molecular formula is C10H9F3N2O2. The normalized spacial score (nSPS) is 15.5. The van der Waals surface area contributed by atoms with Crippen molar-refractivity contribution in [2.75, 3.05) is 6.54 Å². The van der Waals surface area contributed by atoms with E-state index in [0.717, 1.165) is 12.1 Å². The van der Waals surface area contributed by atoms with Crippen molar-refractivity contribution in [3.8, 4) is 0 Å². The van der Waals surface area contributed by atoms with Crippen LogP contribution >= 0.6 is 0 Å². The van der Waals surface area contributed by atoms with E-state index in [9.17, 15) is 23.3 Å². The summed E-state index contributed by atoms with van der Waals surface area (Å²) in [6.45, 7) is 0.955. The zero-order valence-electron chi connectivity index (χ0n) is 8.67. The Balaban J connectivity index is 2.60. The lowest BCUT2D eigenvalue weighted by molar-refractivity contribution is -0.388. The van der Waals surface area contributed by atoms with Gasteiger partial charge in [-0.2, -0.15) is 13.2 Å². The Morgan fingerprint density at radius 1 is 1.29 bits per heavy atom. The van der Waals surface area contributed by atoms with Crippen molar-refractivity contribution in [2.45, 2.75) is 19.1 Å². The third-order valence-electron chi connectivity index (χ3n) is 2.71. The van der Waals surface area contributed by atoms with Gasteiger partial charge in [0.1, 0.15) is 5.56 Å². The van der Waals surface area contributed by atoms with Crippen LogP contribution in [0.2, 0.25) is 0 Å². The summed E-state index contributed by atoms with van der Waals surface area (Å²) in [6, 6.07) is 1.92. The van der Waals surface area contributed by atoms with Gasteiger partial charge in [-0.25, -0.2) is 0 Å². The van der Waals surface area contributed by atoms with Crippen LogP contribution in [0.4, 0.5) is 18.9 Å². The monoisotopic (exact) mass is 246 g/mol. The first-order chi connectivity index (χ1) is 7.89. The third kappa shape index (κ3) is 2.23. The molecular weight excluding hydrogens is 237 g/mol. The minimum absolute atomic E-state index is 0.369. The summed E-state index contributed by atoms with van der Waals surface area (Å²) in [6.07, 6.45) is -4.24. The number of benzene rings is 1. The van der Waals surface area contributed by atoms with E-state index in [-0.39, 0.29) is 0 Å². The molecule has 4 nitrogen and oxygen atoms in total. The number of nitro groups is 1. The highest BCUT2D eigenvalue weighted by atomic mass is 19.4. The molecule has 0 atom stereocenters. The van der Waals surface area contributed by atoms with Gasteiger partial charge in [0.25, 0.3) is 5.69 Å². The fourth-order valence-corrected chi connectivity index (χ4v) is 1.90. The van der Waals surface area contributed by atoms with Crippen LogP contribution in [-0.4, -0.2) is 11.5 Å². The molecule has 0 radical (unpaired) electrons. The molecule has 0 saturated carbocycles. The minimum Gasteiger partial charge on any atom is -0.312 e. The van der Waals surface area contributed by atoms with Crippen molar-refractivity contribution in [3.63, 3.8) is 0 Å². The van der Waals surface area contributed by atoms with Crippen LogP contribution in [0.25, 0.3) is 0 Å². The first-order valence-corrected chi connectivity index (χ1v) is 4.97. The Labute approximate surface area is 94.6 Å². The van der Waals surface area contributed by atoms with Crippen molar-refractivity contribution in [3.05, 3.63) is 38.9 Å². The average molecular weight is 246 g/mol. The molecule has 0 aliphatic carbocycles. The molecule has 1 heterocycles. The van der Waals surface area contributed by atoms with Gasteiger partial charge in [-0.1, -0.05) is 0 Å². The van der Waals surface area contributed by atoms with E-state index in [0.29, 0.717) is 30.6 Å². The van der Waals surface area contributed by atoms with E-state index < -0.39 is 22.4 Å². The second-order valence-electron chi connectivity index (χ2n) is 3.82. The maximum atomic E-state index is 12.7. The molecule has 1 N–H and O–H groups in total. The topological polar surface area (TPSA) is 55.2 Å². The van der Waals surface area contributed by atoms with Crippen LogP contribution in [0.15, 0.2) is 12.1 Å². The van der Waals surface area contributed by atoms with Gasteiger partial charge in [0.05, 0.1) is 4.92 Å². The fourth-order valence-electron chi connectivity index (χ4n) is 1.90. The second-order valence-corrected chi connectivity index (χ2v) is 3.82. The molecule has 1 aliphatic rings. The molecule has 0 saturated heterocycles. The summed E-state index contributed by atoms with van der Waals surface area (Å²) in [4.78, 5) is 9.65. The Bertz CT molecular complexity index is 471. The van der Waals surface area contributed by atoms with Crippen LogP contribution in [0.3, 0.4) is 0 Å². The van der Waals surface area contributed by atoms with E-state index in [1.807, 2.05) is 0 Å². The summed E-state index contributed by atoms with van der Waals surface area (Å²) in [5.74, 6) is 0. The molecule has 0 fully saturated rings. The first kappa shape index (κ1) is 11.8. The lowest BCUT2D eigenvalue weighted by Crippen LogP contribution is -2.24. The van der Waals surface area contributed by atoms with Crippen LogP contribution in [0.1, 0.15) is 16.7 Å². The van der Waals surface area contributed by atoms with Gasteiger partial charge >= 0.3 is 6.18 Å². The molecule has 1 aliphatic heterocycles. The van der Waals surface area contributed by atoms with Crippen molar-refractivity contribution < 1.29 is 18.1 Å². The zero-order valence-corrected chi connectivity index (χ0v) is 8.67. The average Bonchev–Trinajstić information content (AvgIpc) is 2.26. The molecule has 2 rings (SSSR count). The van der Waals surface area contributed by atoms with Gasteiger partial charge in [0.2, 0.25) is 0 Å². The molecule has 0 spiro atoms. The smallest absolute Gasteiger partial charge is 0.312 e. The van der Waals surface area contributed by atoms with Crippen molar-refractivity contribution in [1.29, 1.82) is 0 Å². The van der Waals surface area contributed by atoms with Crippen molar-refractivity contribution in [2.24, 2.45) is 0 Å². The Kier molecular flexibility index (Phi) is 2.78. The van der Waals surface area contributed by atoms with Gasteiger partial charge in [-0.05, 0) is 30.2 Å². The number of nitro benzene ring substituents is 1. The lowest BCUT2D eigenvalue weighted by Gasteiger charge is -2.18. The highest BCUT2D eigenvalue weighted by Gasteiger charge is 2.39.